The van der Waals surface area contributed by atoms with Crippen molar-refractivity contribution in [2.45, 2.75) is 17.6 Å². The van der Waals surface area contributed by atoms with Gasteiger partial charge in [0.25, 0.3) is 0 Å². The molecule has 0 spiro atoms. The molecule has 1 aromatic heterocycles. The minimum absolute atomic E-state index is 0.650. The molecule has 2 fully saturated rings. The summed E-state index contributed by atoms with van der Waals surface area (Å²) in [5.74, 6) is 1.06. The molecule has 19 heavy (non-hydrogen) atoms. The zero-order valence-electron chi connectivity index (χ0n) is 11.3. The summed E-state index contributed by atoms with van der Waals surface area (Å²) in [6.07, 6.45) is 5.09. The Morgan fingerprint density at radius 1 is 1.32 bits per heavy atom. The number of anilines is 1. The Hall–Kier alpha value is -0.850. The van der Waals surface area contributed by atoms with Gasteiger partial charge in [-0.1, -0.05) is 11.8 Å². The van der Waals surface area contributed by atoms with Crippen molar-refractivity contribution in [1.82, 2.24) is 14.9 Å². The van der Waals surface area contributed by atoms with Gasteiger partial charge < -0.3 is 9.64 Å². The summed E-state index contributed by atoms with van der Waals surface area (Å²) in [6.45, 7) is 6.05. The van der Waals surface area contributed by atoms with Gasteiger partial charge in [0.15, 0.2) is 5.16 Å². The molecule has 2 aliphatic heterocycles. The molecule has 0 amide bonds. The van der Waals surface area contributed by atoms with Crippen molar-refractivity contribution in [2.75, 3.05) is 50.5 Å². The highest BCUT2D eigenvalue weighted by atomic mass is 32.2. The molecule has 0 aliphatic carbocycles. The van der Waals surface area contributed by atoms with Gasteiger partial charge in [0.2, 0.25) is 0 Å². The summed E-state index contributed by atoms with van der Waals surface area (Å²) in [7, 11) is 0. The van der Waals surface area contributed by atoms with Crippen molar-refractivity contribution in [3.63, 3.8) is 0 Å². The Morgan fingerprint density at radius 2 is 2.16 bits per heavy atom. The maximum absolute atomic E-state index is 5.42. The highest BCUT2D eigenvalue weighted by Crippen LogP contribution is 2.23. The normalized spacial score (nSPS) is 24.9. The third-order valence-corrected chi connectivity index (χ3v) is 4.41. The number of hydrogen-bond acceptors (Lipinski definition) is 6. The van der Waals surface area contributed by atoms with Gasteiger partial charge >= 0.3 is 0 Å². The van der Waals surface area contributed by atoms with Crippen LogP contribution in [-0.2, 0) is 4.74 Å². The van der Waals surface area contributed by atoms with E-state index in [0.29, 0.717) is 6.04 Å². The molecule has 1 atom stereocenters. The third kappa shape index (κ3) is 3.01. The number of morpholine rings is 1. The molecular formula is C13H20N4OS. The second-order valence-electron chi connectivity index (χ2n) is 4.94. The predicted molar refractivity (Wildman–Crippen MR) is 76.8 cm³/mol. The molecule has 1 unspecified atom stereocenters. The molecule has 104 valence electrons. The Labute approximate surface area is 118 Å². The van der Waals surface area contributed by atoms with Crippen LogP contribution in [0.1, 0.15) is 6.42 Å². The van der Waals surface area contributed by atoms with E-state index < -0.39 is 0 Å². The summed E-state index contributed by atoms with van der Waals surface area (Å²) < 4.78 is 5.42. The fourth-order valence-corrected chi connectivity index (χ4v) is 3.15. The number of aromatic nitrogens is 2. The lowest BCUT2D eigenvalue weighted by Gasteiger charge is -2.32. The van der Waals surface area contributed by atoms with Crippen molar-refractivity contribution < 1.29 is 4.74 Å². The SMILES string of the molecule is CSc1nccc(N2CCC(N3CCOCC3)C2)n1. The summed E-state index contributed by atoms with van der Waals surface area (Å²) in [5, 5.41) is 0.854. The monoisotopic (exact) mass is 280 g/mol. The topological polar surface area (TPSA) is 41.5 Å². The lowest BCUT2D eigenvalue weighted by molar-refractivity contribution is 0.0209. The lowest BCUT2D eigenvalue weighted by atomic mass is 10.2. The van der Waals surface area contributed by atoms with Crippen molar-refractivity contribution in [3.05, 3.63) is 12.3 Å². The van der Waals surface area contributed by atoms with Gasteiger partial charge in [0.05, 0.1) is 13.2 Å². The van der Waals surface area contributed by atoms with Crippen LogP contribution in [0.25, 0.3) is 0 Å². The minimum Gasteiger partial charge on any atom is -0.379 e. The first-order valence-corrected chi connectivity index (χ1v) is 8.03. The van der Waals surface area contributed by atoms with Crippen molar-refractivity contribution >= 4 is 17.6 Å². The first-order valence-electron chi connectivity index (χ1n) is 6.80. The second-order valence-corrected chi connectivity index (χ2v) is 5.71. The molecular weight excluding hydrogens is 260 g/mol. The largest absolute Gasteiger partial charge is 0.379 e. The molecule has 1 aromatic rings. The van der Waals surface area contributed by atoms with E-state index in [1.54, 1.807) is 11.8 Å². The van der Waals surface area contributed by atoms with Crippen LogP contribution in [0.2, 0.25) is 0 Å². The van der Waals surface area contributed by atoms with E-state index >= 15 is 0 Å². The summed E-state index contributed by atoms with van der Waals surface area (Å²) in [5.41, 5.74) is 0. The van der Waals surface area contributed by atoms with Crippen molar-refractivity contribution in [2.24, 2.45) is 0 Å². The van der Waals surface area contributed by atoms with Gasteiger partial charge in [-0.3, -0.25) is 4.90 Å². The molecule has 5 nitrogen and oxygen atoms in total. The van der Waals surface area contributed by atoms with Crippen LogP contribution in [0.3, 0.4) is 0 Å². The first-order chi connectivity index (χ1) is 9.36. The first kappa shape index (κ1) is 13.1. The second kappa shape index (κ2) is 6.07. The van der Waals surface area contributed by atoms with Gasteiger partial charge in [-0.15, -0.1) is 0 Å². The Bertz CT molecular complexity index is 425. The number of thioether (sulfide) groups is 1. The highest BCUT2D eigenvalue weighted by Gasteiger charge is 2.29. The highest BCUT2D eigenvalue weighted by molar-refractivity contribution is 7.98. The van der Waals surface area contributed by atoms with Gasteiger partial charge in [0.1, 0.15) is 5.82 Å². The van der Waals surface area contributed by atoms with E-state index in [-0.39, 0.29) is 0 Å². The van der Waals surface area contributed by atoms with E-state index in [0.717, 1.165) is 50.4 Å². The van der Waals surface area contributed by atoms with Gasteiger partial charge in [-0.25, -0.2) is 9.97 Å². The van der Waals surface area contributed by atoms with Crippen LogP contribution < -0.4 is 4.90 Å². The van der Waals surface area contributed by atoms with Gasteiger partial charge in [-0.2, -0.15) is 0 Å². The molecule has 0 aromatic carbocycles. The Morgan fingerprint density at radius 3 is 2.95 bits per heavy atom. The Kier molecular flexibility index (Phi) is 4.20. The van der Waals surface area contributed by atoms with Crippen molar-refractivity contribution in [1.29, 1.82) is 0 Å². The van der Waals surface area contributed by atoms with Crippen LogP contribution in [0, 0.1) is 0 Å². The van der Waals surface area contributed by atoms with Crippen molar-refractivity contribution in [3.8, 4) is 0 Å². The number of nitrogens with zero attached hydrogens (tertiary/aromatic N) is 4. The number of ether oxygens (including phenoxy) is 1. The third-order valence-electron chi connectivity index (χ3n) is 3.85. The van der Waals surface area contributed by atoms with Crippen LogP contribution in [0.4, 0.5) is 5.82 Å². The molecule has 0 saturated carbocycles. The fraction of sp³-hybridized carbons (Fsp3) is 0.692. The van der Waals surface area contributed by atoms with E-state index in [4.69, 9.17) is 4.74 Å². The smallest absolute Gasteiger partial charge is 0.189 e. The predicted octanol–water partition coefficient (Wildman–Crippen LogP) is 1.11. The lowest BCUT2D eigenvalue weighted by Crippen LogP contribution is -2.44. The van der Waals surface area contributed by atoms with Crippen LogP contribution in [0.5, 0.6) is 0 Å². The zero-order valence-corrected chi connectivity index (χ0v) is 12.1. The molecule has 2 aliphatic rings. The summed E-state index contributed by atoms with van der Waals surface area (Å²) >= 11 is 1.59. The molecule has 2 saturated heterocycles. The van der Waals surface area contributed by atoms with E-state index in [2.05, 4.69) is 19.8 Å². The molecule has 0 bridgehead atoms. The molecule has 3 heterocycles. The molecule has 3 rings (SSSR count). The molecule has 6 heteroatoms. The fourth-order valence-electron chi connectivity index (χ4n) is 2.80. The average molecular weight is 280 g/mol. The zero-order chi connectivity index (χ0) is 13.1. The van der Waals surface area contributed by atoms with Crippen LogP contribution >= 0.6 is 11.8 Å². The molecule has 0 radical (unpaired) electrons. The molecule has 0 N–H and O–H groups in total. The van der Waals surface area contributed by atoms with Crippen LogP contribution in [0.15, 0.2) is 17.4 Å². The van der Waals surface area contributed by atoms with Gasteiger partial charge in [0, 0.05) is 38.4 Å². The number of hydrogen-bond donors (Lipinski definition) is 0. The van der Waals surface area contributed by atoms with E-state index in [1.165, 1.54) is 6.42 Å². The van der Waals surface area contributed by atoms with E-state index in [9.17, 15) is 0 Å². The van der Waals surface area contributed by atoms with E-state index in [1.807, 2.05) is 18.5 Å². The maximum atomic E-state index is 5.42. The van der Waals surface area contributed by atoms with Crippen LogP contribution in [-0.4, -0.2) is 66.6 Å². The summed E-state index contributed by atoms with van der Waals surface area (Å²) in [6, 6.07) is 2.66. The standard InChI is InChI=1S/C13H20N4OS/c1-19-13-14-4-2-12(15-13)17-5-3-11(10-17)16-6-8-18-9-7-16/h2,4,11H,3,5-10H2,1H3. The quantitative estimate of drug-likeness (QED) is 0.610. The number of rotatable bonds is 3. The summed E-state index contributed by atoms with van der Waals surface area (Å²) in [4.78, 5) is 13.8. The average Bonchev–Trinajstić information content (AvgIpc) is 2.98. The van der Waals surface area contributed by atoms with Gasteiger partial charge in [-0.05, 0) is 18.7 Å². The maximum Gasteiger partial charge on any atom is 0.189 e. The Balaban J connectivity index is 1.64. The minimum atomic E-state index is 0.650.